The smallest absolute Gasteiger partial charge is 0.305 e. The first-order valence-corrected chi connectivity index (χ1v) is 8.60. The summed E-state index contributed by atoms with van der Waals surface area (Å²) in [5, 5.41) is 8.72. The summed E-state index contributed by atoms with van der Waals surface area (Å²) in [6.07, 6.45) is 5.20. The van der Waals surface area contributed by atoms with Crippen LogP contribution in [0.3, 0.4) is 0 Å². The second-order valence-corrected chi connectivity index (χ2v) is 6.54. The summed E-state index contributed by atoms with van der Waals surface area (Å²) >= 11 is 6.31. The number of hydrogen-bond donors (Lipinski definition) is 1. The van der Waals surface area contributed by atoms with E-state index >= 15 is 0 Å². The van der Waals surface area contributed by atoms with Crippen LogP contribution in [-0.4, -0.2) is 39.4 Å². The normalized spacial score (nSPS) is 16.4. The Labute approximate surface area is 150 Å². The van der Waals surface area contributed by atoms with Gasteiger partial charge in [0.2, 0.25) is 0 Å². The molecule has 0 radical (unpaired) electrons. The lowest BCUT2D eigenvalue weighted by Crippen LogP contribution is -2.30. The number of thioether (sulfide) groups is 1. The number of amides is 1. The topological polar surface area (TPSA) is 66.8 Å². The fourth-order valence-corrected chi connectivity index (χ4v) is 3.30. The van der Waals surface area contributed by atoms with Crippen LogP contribution < -0.4 is 4.74 Å². The molecule has 0 saturated carbocycles. The molecule has 24 heavy (non-hydrogen) atoms. The third-order valence-corrected chi connectivity index (χ3v) is 4.52. The summed E-state index contributed by atoms with van der Waals surface area (Å²) in [6.45, 7) is 2.62. The molecule has 0 aromatic heterocycles. The highest BCUT2D eigenvalue weighted by Crippen LogP contribution is 2.31. The summed E-state index contributed by atoms with van der Waals surface area (Å²) in [7, 11) is 0. The third kappa shape index (κ3) is 4.94. The second-order valence-electron chi connectivity index (χ2n) is 4.86. The summed E-state index contributed by atoms with van der Waals surface area (Å²) in [5.74, 6) is -0.416. The van der Waals surface area contributed by atoms with E-state index in [0.29, 0.717) is 15.8 Å². The predicted octanol–water partition coefficient (Wildman–Crippen LogP) is 3.32. The molecular formula is C17H17NO4S2. The molecule has 1 aromatic carbocycles. The lowest BCUT2D eigenvalue weighted by Gasteiger charge is -2.12. The summed E-state index contributed by atoms with van der Waals surface area (Å²) in [4.78, 5) is 24.7. The van der Waals surface area contributed by atoms with Gasteiger partial charge in [-0.15, -0.1) is 0 Å². The molecule has 1 saturated heterocycles. The van der Waals surface area contributed by atoms with Gasteiger partial charge in [-0.05, 0) is 30.7 Å². The number of carboxylic acids is 1. The molecule has 0 atom stereocenters. The van der Waals surface area contributed by atoms with Crippen molar-refractivity contribution in [2.75, 3.05) is 13.2 Å². The SMILES string of the molecule is CCOc1cccc(C=CC=C2SC(=S)N(CCC(=O)O)C2=O)c1. The highest BCUT2D eigenvalue weighted by Gasteiger charge is 2.31. The zero-order valence-electron chi connectivity index (χ0n) is 13.1. The summed E-state index contributed by atoms with van der Waals surface area (Å²) in [5.41, 5.74) is 0.957. The molecule has 126 valence electrons. The summed E-state index contributed by atoms with van der Waals surface area (Å²) in [6, 6.07) is 7.63. The van der Waals surface area contributed by atoms with Gasteiger partial charge in [0, 0.05) is 6.54 Å². The van der Waals surface area contributed by atoms with Crippen LogP contribution in [0, 0.1) is 0 Å². The molecule has 2 rings (SSSR count). The van der Waals surface area contributed by atoms with Gasteiger partial charge in [-0.3, -0.25) is 14.5 Å². The first-order valence-electron chi connectivity index (χ1n) is 7.38. The Kier molecular flexibility index (Phi) is 6.57. The first-order chi connectivity index (χ1) is 11.5. The van der Waals surface area contributed by atoms with Crippen LogP contribution in [0.15, 0.2) is 41.3 Å². The number of carboxylic acid groups (broad SMARTS) is 1. The fraction of sp³-hybridized carbons (Fsp3) is 0.235. The molecule has 1 aliphatic rings. The van der Waals surface area contributed by atoms with E-state index in [2.05, 4.69) is 0 Å². The molecule has 1 N–H and O–H groups in total. The minimum atomic E-state index is -0.956. The van der Waals surface area contributed by atoms with Crippen LogP contribution >= 0.6 is 24.0 Å². The maximum absolute atomic E-state index is 12.2. The minimum absolute atomic E-state index is 0.0947. The third-order valence-electron chi connectivity index (χ3n) is 3.13. The number of carbonyl (C=O) groups excluding carboxylic acids is 1. The zero-order valence-corrected chi connectivity index (χ0v) is 14.7. The van der Waals surface area contributed by atoms with Gasteiger partial charge in [0.25, 0.3) is 5.91 Å². The number of ether oxygens (including phenoxy) is 1. The number of nitrogens with zero attached hydrogens (tertiary/aromatic N) is 1. The summed E-state index contributed by atoms with van der Waals surface area (Å²) < 4.78 is 5.83. The predicted molar refractivity (Wildman–Crippen MR) is 98.9 cm³/mol. The lowest BCUT2D eigenvalue weighted by atomic mass is 10.2. The molecule has 1 aliphatic heterocycles. The molecule has 1 aromatic rings. The van der Waals surface area contributed by atoms with Crippen molar-refractivity contribution in [1.29, 1.82) is 0 Å². The van der Waals surface area contributed by atoms with E-state index in [1.165, 1.54) is 16.7 Å². The Morgan fingerprint density at radius 2 is 2.25 bits per heavy atom. The van der Waals surface area contributed by atoms with Crippen molar-refractivity contribution in [2.45, 2.75) is 13.3 Å². The van der Waals surface area contributed by atoms with Crippen LogP contribution in [0.2, 0.25) is 0 Å². The largest absolute Gasteiger partial charge is 0.494 e. The maximum atomic E-state index is 12.2. The zero-order chi connectivity index (χ0) is 17.5. The van der Waals surface area contributed by atoms with E-state index in [-0.39, 0.29) is 18.9 Å². The van der Waals surface area contributed by atoms with Gasteiger partial charge in [-0.2, -0.15) is 0 Å². The van der Waals surface area contributed by atoms with E-state index in [1.54, 1.807) is 12.2 Å². The number of aliphatic carboxylic acids is 1. The molecule has 0 bridgehead atoms. The molecule has 0 aliphatic carbocycles. The Hall–Kier alpha value is -2.12. The van der Waals surface area contributed by atoms with Crippen LogP contribution in [-0.2, 0) is 9.59 Å². The van der Waals surface area contributed by atoms with Gasteiger partial charge in [0.1, 0.15) is 10.1 Å². The fourth-order valence-electron chi connectivity index (χ4n) is 2.04. The van der Waals surface area contributed by atoms with Gasteiger partial charge in [-0.1, -0.05) is 48.3 Å². The van der Waals surface area contributed by atoms with Crippen LogP contribution in [0.4, 0.5) is 0 Å². The van der Waals surface area contributed by atoms with Crippen LogP contribution in [0.25, 0.3) is 6.08 Å². The number of carbonyl (C=O) groups is 2. The second kappa shape index (κ2) is 8.65. The van der Waals surface area contributed by atoms with Gasteiger partial charge in [0.05, 0.1) is 17.9 Å². The highest BCUT2D eigenvalue weighted by atomic mass is 32.2. The number of rotatable bonds is 7. The van der Waals surface area contributed by atoms with Crippen molar-refractivity contribution < 1.29 is 19.4 Å². The minimum Gasteiger partial charge on any atom is -0.494 e. The van der Waals surface area contributed by atoms with Crippen molar-refractivity contribution in [2.24, 2.45) is 0 Å². The molecule has 5 nitrogen and oxygen atoms in total. The molecular weight excluding hydrogens is 346 g/mol. The van der Waals surface area contributed by atoms with Gasteiger partial charge >= 0.3 is 5.97 Å². The van der Waals surface area contributed by atoms with Crippen molar-refractivity contribution in [3.8, 4) is 5.75 Å². The van der Waals surface area contributed by atoms with Crippen molar-refractivity contribution >= 4 is 46.3 Å². The Bertz CT molecular complexity index is 712. The van der Waals surface area contributed by atoms with Gasteiger partial charge in [-0.25, -0.2) is 0 Å². The quantitative estimate of drug-likeness (QED) is 0.592. The molecule has 1 heterocycles. The van der Waals surface area contributed by atoms with Gasteiger partial charge < -0.3 is 9.84 Å². The average Bonchev–Trinajstić information content (AvgIpc) is 2.80. The van der Waals surface area contributed by atoms with Crippen molar-refractivity contribution in [3.05, 3.63) is 46.9 Å². The Morgan fingerprint density at radius 1 is 1.46 bits per heavy atom. The Morgan fingerprint density at radius 3 is 2.96 bits per heavy atom. The molecule has 7 heteroatoms. The monoisotopic (exact) mass is 363 g/mol. The molecule has 0 unspecified atom stereocenters. The van der Waals surface area contributed by atoms with Crippen molar-refractivity contribution in [3.63, 3.8) is 0 Å². The van der Waals surface area contributed by atoms with E-state index in [4.69, 9.17) is 22.1 Å². The first kappa shape index (κ1) is 18.2. The van der Waals surface area contributed by atoms with Crippen LogP contribution in [0.1, 0.15) is 18.9 Å². The van der Waals surface area contributed by atoms with E-state index < -0.39 is 5.97 Å². The Balaban J connectivity index is 2.03. The number of allylic oxidation sites excluding steroid dienone is 2. The van der Waals surface area contributed by atoms with E-state index in [0.717, 1.165) is 11.3 Å². The molecule has 1 fully saturated rings. The van der Waals surface area contributed by atoms with Gasteiger partial charge in [0.15, 0.2) is 0 Å². The highest BCUT2D eigenvalue weighted by molar-refractivity contribution is 8.26. The van der Waals surface area contributed by atoms with E-state index in [9.17, 15) is 9.59 Å². The standard InChI is InChI=1S/C17H17NO4S2/c1-2-22-13-7-3-5-12(11-13)6-4-8-14-16(21)18(17(23)24-14)10-9-15(19)20/h3-8,11H,2,9-10H2,1H3,(H,19,20). The van der Waals surface area contributed by atoms with E-state index in [1.807, 2.05) is 37.3 Å². The maximum Gasteiger partial charge on any atom is 0.305 e. The van der Waals surface area contributed by atoms with Crippen molar-refractivity contribution in [1.82, 2.24) is 4.90 Å². The molecule has 0 spiro atoms. The van der Waals surface area contributed by atoms with Crippen LogP contribution in [0.5, 0.6) is 5.75 Å². The lowest BCUT2D eigenvalue weighted by molar-refractivity contribution is -0.137. The average molecular weight is 363 g/mol. The number of thiocarbonyl (C=S) groups is 1. The number of hydrogen-bond acceptors (Lipinski definition) is 5. The molecule has 1 amide bonds. The number of benzene rings is 1.